The van der Waals surface area contributed by atoms with Crippen LogP contribution in [0.3, 0.4) is 0 Å². The maximum atomic E-state index is 9.84. The maximum Gasteiger partial charge on any atom is 0.161 e. The van der Waals surface area contributed by atoms with Gasteiger partial charge in [0.05, 0.1) is 18.7 Å². The normalized spacial score (nSPS) is 10.8. The van der Waals surface area contributed by atoms with Gasteiger partial charge in [0.25, 0.3) is 0 Å². The van der Waals surface area contributed by atoms with E-state index in [2.05, 4.69) is 23.0 Å². The van der Waals surface area contributed by atoms with Crippen molar-refractivity contribution in [3.8, 4) is 22.9 Å². The van der Waals surface area contributed by atoms with Crippen molar-refractivity contribution in [1.82, 2.24) is 14.5 Å². The van der Waals surface area contributed by atoms with E-state index >= 15 is 0 Å². The second-order valence-corrected chi connectivity index (χ2v) is 6.04. The molecule has 3 aromatic rings. The zero-order chi connectivity index (χ0) is 17.3. The first-order valence-corrected chi connectivity index (χ1v) is 7.87. The first kappa shape index (κ1) is 16.3. The number of aromatic nitrogens is 3. The van der Waals surface area contributed by atoms with Gasteiger partial charge in [-0.15, -0.1) is 0 Å². The van der Waals surface area contributed by atoms with Crippen LogP contribution in [-0.4, -0.2) is 26.8 Å². The van der Waals surface area contributed by atoms with E-state index < -0.39 is 0 Å². The van der Waals surface area contributed by atoms with Gasteiger partial charge in [-0.05, 0) is 37.1 Å². The van der Waals surface area contributed by atoms with Crippen LogP contribution in [0.15, 0.2) is 36.8 Å². The van der Waals surface area contributed by atoms with Crippen molar-refractivity contribution in [2.45, 2.75) is 20.4 Å². The van der Waals surface area contributed by atoms with Gasteiger partial charge in [-0.25, -0.2) is 4.98 Å². The molecule has 0 aliphatic heterocycles. The minimum Gasteiger partial charge on any atom is -0.504 e. The van der Waals surface area contributed by atoms with Crippen LogP contribution in [-0.2, 0) is 6.54 Å². The molecule has 1 aromatic carbocycles. The molecule has 0 radical (unpaired) electrons. The van der Waals surface area contributed by atoms with Crippen molar-refractivity contribution in [3.63, 3.8) is 0 Å². The number of aromatic hydroxyl groups is 1. The van der Waals surface area contributed by atoms with Crippen LogP contribution in [0.5, 0.6) is 11.5 Å². The molecule has 2 heterocycles. The summed E-state index contributed by atoms with van der Waals surface area (Å²) in [7, 11) is 1.50. The molecule has 0 saturated heterocycles. The summed E-state index contributed by atoms with van der Waals surface area (Å²) < 4.78 is 7.17. The largest absolute Gasteiger partial charge is 0.504 e. The molecular weight excluding hydrogens is 326 g/mol. The van der Waals surface area contributed by atoms with E-state index in [1.54, 1.807) is 12.3 Å². The zero-order valence-corrected chi connectivity index (χ0v) is 14.5. The van der Waals surface area contributed by atoms with Gasteiger partial charge >= 0.3 is 0 Å². The third-order valence-electron chi connectivity index (χ3n) is 3.92. The van der Waals surface area contributed by atoms with E-state index in [0.29, 0.717) is 28.7 Å². The van der Waals surface area contributed by atoms with Crippen LogP contribution in [0.25, 0.3) is 11.4 Å². The lowest BCUT2D eigenvalue weighted by molar-refractivity contribution is 0.373. The van der Waals surface area contributed by atoms with E-state index in [9.17, 15) is 5.11 Å². The van der Waals surface area contributed by atoms with Crippen LogP contribution in [0.2, 0.25) is 5.02 Å². The van der Waals surface area contributed by atoms with Gasteiger partial charge in [-0.2, -0.15) is 0 Å². The number of benzene rings is 1. The van der Waals surface area contributed by atoms with Crippen molar-refractivity contribution in [3.05, 3.63) is 58.6 Å². The molecule has 0 aliphatic carbocycles. The molecule has 24 heavy (non-hydrogen) atoms. The summed E-state index contributed by atoms with van der Waals surface area (Å²) in [6.45, 7) is 4.67. The van der Waals surface area contributed by atoms with Crippen LogP contribution in [0.4, 0.5) is 0 Å². The van der Waals surface area contributed by atoms with Crippen LogP contribution in [0, 0.1) is 13.8 Å². The number of phenolic OH excluding ortho intramolecular Hbond substituents is 1. The van der Waals surface area contributed by atoms with E-state index in [-0.39, 0.29) is 5.75 Å². The molecule has 0 spiro atoms. The van der Waals surface area contributed by atoms with E-state index in [1.807, 2.05) is 23.9 Å². The Labute approximate surface area is 145 Å². The molecule has 0 aliphatic rings. The second kappa shape index (κ2) is 6.53. The molecule has 0 amide bonds. The van der Waals surface area contributed by atoms with Gasteiger partial charge < -0.3 is 14.4 Å². The molecule has 124 valence electrons. The molecule has 5 nitrogen and oxygen atoms in total. The molecule has 3 rings (SSSR count). The Hall–Kier alpha value is -2.53. The summed E-state index contributed by atoms with van der Waals surface area (Å²) in [6.07, 6.45) is 5.50. The number of rotatable bonds is 4. The van der Waals surface area contributed by atoms with E-state index in [4.69, 9.17) is 16.3 Å². The summed E-state index contributed by atoms with van der Waals surface area (Å²) in [6, 6.07) is 5.21. The topological polar surface area (TPSA) is 60.2 Å². The molecule has 0 bridgehead atoms. The summed E-state index contributed by atoms with van der Waals surface area (Å²) >= 11 is 6.30. The first-order chi connectivity index (χ1) is 11.5. The molecule has 0 saturated carbocycles. The standard InChI is InChI=1S/C18H18ClN3O2/c1-11-6-12(2)21-9-13(11)10-22-5-4-20-18(22)14-7-17(24-3)16(23)8-15(14)19/h4-9,23H,10H2,1-3H3. The fourth-order valence-electron chi connectivity index (χ4n) is 2.63. The van der Waals surface area contributed by atoms with E-state index in [1.165, 1.54) is 18.7 Å². The zero-order valence-electron chi connectivity index (χ0n) is 13.7. The Morgan fingerprint density at radius 1 is 1.21 bits per heavy atom. The number of halogens is 1. The second-order valence-electron chi connectivity index (χ2n) is 5.63. The third-order valence-corrected chi connectivity index (χ3v) is 4.23. The smallest absolute Gasteiger partial charge is 0.161 e. The Morgan fingerprint density at radius 3 is 2.71 bits per heavy atom. The number of hydrogen-bond donors (Lipinski definition) is 1. The number of aryl methyl sites for hydroxylation is 2. The summed E-state index contributed by atoms with van der Waals surface area (Å²) in [5.74, 6) is 1.07. The van der Waals surface area contributed by atoms with Crippen molar-refractivity contribution >= 4 is 11.6 Å². The lowest BCUT2D eigenvalue weighted by atomic mass is 10.1. The Balaban J connectivity index is 2.02. The van der Waals surface area contributed by atoms with Gasteiger partial charge in [-0.3, -0.25) is 4.98 Å². The number of pyridine rings is 1. The van der Waals surface area contributed by atoms with Gasteiger partial charge in [0.1, 0.15) is 5.82 Å². The average Bonchev–Trinajstić information content (AvgIpc) is 2.98. The maximum absolute atomic E-state index is 9.84. The van der Waals surface area contributed by atoms with Crippen LogP contribution >= 0.6 is 11.6 Å². The number of phenols is 1. The van der Waals surface area contributed by atoms with E-state index in [0.717, 1.165) is 11.3 Å². The van der Waals surface area contributed by atoms with Crippen molar-refractivity contribution < 1.29 is 9.84 Å². The van der Waals surface area contributed by atoms with Crippen LogP contribution in [0.1, 0.15) is 16.8 Å². The Kier molecular flexibility index (Phi) is 4.44. The fourth-order valence-corrected chi connectivity index (χ4v) is 2.88. The van der Waals surface area contributed by atoms with Crippen molar-refractivity contribution in [2.24, 2.45) is 0 Å². The molecule has 0 fully saturated rings. The number of imidazole rings is 1. The Morgan fingerprint density at radius 2 is 2.00 bits per heavy atom. The molecular formula is C18H18ClN3O2. The van der Waals surface area contributed by atoms with Gasteiger partial charge in [0.15, 0.2) is 11.5 Å². The molecule has 0 unspecified atom stereocenters. The predicted molar refractivity (Wildman–Crippen MR) is 93.7 cm³/mol. The summed E-state index contributed by atoms with van der Waals surface area (Å²) in [4.78, 5) is 8.78. The lowest BCUT2D eigenvalue weighted by Crippen LogP contribution is -2.04. The number of ether oxygens (including phenoxy) is 1. The molecule has 6 heteroatoms. The van der Waals surface area contributed by atoms with Crippen molar-refractivity contribution in [2.75, 3.05) is 7.11 Å². The number of methoxy groups -OCH3 is 1. The highest BCUT2D eigenvalue weighted by Crippen LogP contribution is 2.37. The minimum absolute atomic E-state index is 0.00272. The third kappa shape index (κ3) is 3.08. The summed E-state index contributed by atoms with van der Waals surface area (Å²) in [5.41, 5.74) is 3.99. The minimum atomic E-state index is 0.00272. The van der Waals surface area contributed by atoms with Gasteiger partial charge in [0.2, 0.25) is 0 Å². The Bertz CT molecular complexity index is 890. The van der Waals surface area contributed by atoms with Gasteiger partial charge in [-0.1, -0.05) is 11.6 Å². The monoisotopic (exact) mass is 343 g/mol. The fraction of sp³-hybridized carbons (Fsp3) is 0.222. The quantitative estimate of drug-likeness (QED) is 0.778. The lowest BCUT2D eigenvalue weighted by Gasteiger charge is -2.13. The summed E-state index contributed by atoms with van der Waals surface area (Å²) in [5, 5.41) is 10.3. The molecule has 0 atom stereocenters. The molecule has 2 aromatic heterocycles. The average molecular weight is 344 g/mol. The van der Waals surface area contributed by atoms with Crippen molar-refractivity contribution in [1.29, 1.82) is 0 Å². The molecule has 1 N–H and O–H groups in total. The number of nitrogens with zero attached hydrogens (tertiary/aromatic N) is 3. The predicted octanol–water partition coefficient (Wildman–Crippen LogP) is 3.98. The first-order valence-electron chi connectivity index (χ1n) is 7.49. The number of hydrogen-bond acceptors (Lipinski definition) is 4. The van der Waals surface area contributed by atoms with Crippen LogP contribution < -0.4 is 4.74 Å². The SMILES string of the molecule is COc1cc(-c2nccn2Cc2cnc(C)cc2C)c(Cl)cc1O. The highest BCUT2D eigenvalue weighted by atomic mass is 35.5. The highest BCUT2D eigenvalue weighted by Gasteiger charge is 2.15. The van der Waals surface area contributed by atoms with Gasteiger partial charge in [0, 0.05) is 35.9 Å². The highest BCUT2D eigenvalue weighted by molar-refractivity contribution is 6.33.